The standard InChI is InChI=1S/C18H27N5/c1-5-19-18(20-6-2)21-12-17-14(3)22-23(15(17)4)13-16-10-8-7-9-11-16/h7-11H,5-6,12-13H2,1-4H3,(H2,19,20,21). The molecule has 23 heavy (non-hydrogen) atoms. The molecule has 1 aromatic heterocycles. The van der Waals surface area contributed by atoms with E-state index in [0.717, 1.165) is 31.3 Å². The zero-order valence-corrected chi connectivity index (χ0v) is 14.6. The Morgan fingerprint density at radius 3 is 2.35 bits per heavy atom. The monoisotopic (exact) mass is 313 g/mol. The first-order chi connectivity index (χ1) is 11.2. The second kappa shape index (κ2) is 8.36. The SMILES string of the molecule is CCNC(=NCc1c(C)nn(Cc2ccccc2)c1C)NCC. The van der Waals surface area contributed by atoms with Crippen molar-refractivity contribution >= 4 is 5.96 Å². The van der Waals surface area contributed by atoms with Gasteiger partial charge in [0.25, 0.3) is 0 Å². The summed E-state index contributed by atoms with van der Waals surface area (Å²) in [6.07, 6.45) is 0. The summed E-state index contributed by atoms with van der Waals surface area (Å²) in [5, 5.41) is 11.2. The highest BCUT2D eigenvalue weighted by Gasteiger charge is 2.11. The van der Waals surface area contributed by atoms with Crippen molar-refractivity contribution in [2.75, 3.05) is 13.1 Å². The largest absolute Gasteiger partial charge is 0.357 e. The minimum absolute atomic E-state index is 0.641. The Bertz CT molecular complexity index is 635. The quantitative estimate of drug-likeness (QED) is 0.637. The molecule has 0 amide bonds. The van der Waals surface area contributed by atoms with Crippen molar-refractivity contribution in [2.45, 2.75) is 40.8 Å². The predicted octanol–water partition coefficient (Wildman–Crippen LogP) is 2.62. The van der Waals surface area contributed by atoms with E-state index in [2.05, 4.69) is 77.4 Å². The van der Waals surface area contributed by atoms with E-state index in [0.29, 0.717) is 6.54 Å². The van der Waals surface area contributed by atoms with E-state index in [1.165, 1.54) is 16.8 Å². The van der Waals surface area contributed by atoms with Crippen molar-refractivity contribution in [3.8, 4) is 0 Å². The van der Waals surface area contributed by atoms with E-state index in [4.69, 9.17) is 0 Å². The highest BCUT2D eigenvalue weighted by Crippen LogP contribution is 2.15. The Labute approximate surface area is 138 Å². The number of aromatic nitrogens is 2. The van der Waals surface area contributed by atoms with Crippen LogP contribution in [0, 0.1) is 13.8 Å². The van der Waals surface area contributed by atoms with Crippen molar-refractivity contribution in [1.82, 2.24) is 20.4 Å². The molecule has 0 aliphatic heterocycles. The van der Waals surface area contributed by atoms with Gasteiger partial charge in [0.2, 0.25) is 0 Å². The number of hydrogen-bond donors (Lipinski definition) is 2. The molecule has 1 aromatic carbocycles. The number of nitrogens with one attached hydrogen (secondary N) is 2. The fraction of sp³-hybridized carbons (Fsp3) is 0.444. The molecule has 1 heterocycles. The molecule has 5 heteroatoms. The fourth-order valence-corrected chi connectivity index (χ4v) is 2.54. The summed E-state index contributed by atoms with van der Waals surface area (Å²) in [5.41, 5.74) is 4.69. The molecule has 0 aliphatic rings. The molecule has 0 radical (unpaired) electrons. The van der Waals surface area contributed by atoms with Crippen LogP contribution in [0.15, 0.2) is 35.3 Å². The van der Waals surface area contributed by atoms with Gasteiger partial charge in [0, 0.05) is 24.3 Å². The lowest BCUT2D eigenvalue weighted by atomic mass is 10.2. The fourth-order valence-electron chi connectivity index (χ4n) is 2.54. The van der Waals surface area contributed by atoms with Crippen molar-refractivity contribution in [1.29, 1.82) is 0 Å². The number of benzene rings is 1. The Hall–Kier alpha value is -2.30. The maximum absolute atomic E-state index is 4.68. The molecule has 5 nitrogen and oxygen atoms in total. The van der Waals surface area contributed by atoms with E-state index in [-0.39, 0.29) is 0 Å². The predicted molar refractivity (Wildman–Crippen MR) is 95.7 cm³/mol. The molecule has 0 unspecified atom stereocenters. The van der Waals surface area contributed by atoms with Gasteiger partial charge in [0.05, 0.1) is 18.8 Å². The van der Waals surface area contributed by atoms with Gasteiger partial charge in [-0.25, -0.2) is 4.99 Å². The van der Waals surface area contributed by atoms with Crippen LogP contribution in [0.3, 0.4) is 0 Å². The topological polar surface area (TPSA) is 54.2 Å². The number of nitrogens with zero attached hydrogens (tertiary/aromatic N) is 3. The molecule has 0 saturated heterocycles. The van der Waals surface area contributed by atoms with Crippen LogP contribution in [0.4, 0.5) is 0 Å². The van der Waals surface area contributed by atoms with Crippen LogP contribution >= 0.6 is 0 Å². The van der Waals surface area contributed by atoms with Crippen LogP contribution in [0.5, 0.6) is 0 Å². The Morgan fingerprint density at radius 1 is 1.09 bits per heavy atom. The second-order valence-electron chi connectivity index (χ2n) is 5.52. The van der Waals surface area contributed by atoms with Crippen LogP contribution in [-0.4, -0.2) is 28.8 Å². The van der Waals surface area contributed by atoms with Gasteiger partial charge in [-0.15, -0.1) is 0 Å². The summed E-state index contributed by atoms with van der Waals surface area (Å²) in [7, 11) is 0. The van der Waals surface area contributed by atoms with Gasteiger partial charge in [0.15, 0.2) is 5.96 Å². The maximum atomic E-state index is 4.68. The third-order valence-electron chi connectivity index (χ3n) is 3.79. The Kier molecular flexibility index (Phi) is 6.20. The number of rotatable bonds is 6. The van der Waals surface area contributed by atoms with Crippen molar-refractivity contribution in [3.63, 3.8) is 0 Å². The third-order valence-corrected chi connectivity index (χ3v) is 3.79. The highest BCUT2D eigenvalue weighted by atomic mass is 15.3. The van der Waals surface area contributed by atoms with Crippen molar-refractivity contribution < 1.29 is 0 Å². The summed E-state index contributed by atoms with van der Waals surface area (Å²) < 4.78 is 2.07. The van der Waals surface area contributed by atoms with Crippen LogP contribution in [0.25, 0.3) is 0 Å². The Morgan fingerprint density at radius 2 is 1.74 bits per heavy atom. The smallest absolute Gasteiger partial charge is 0.191 e. The van der Waals surface area contributed by atoms with Crippen LogP contribution < -0.4 is 10.6 Å². The van der Waals surface area contributed by atoms with E-state index in [9.17, 15) is 0 Å². The lowest BCUT2D eigenvalue weighted by Gasteiger charge is -2.09. The van der Waals surface area contributed by atoms with Crippen molar-refractivity contribution in [2.24, 2.45) is 4.99 Å². The molecule has 2 rings (SSSR count). The van der Waals surface area contributed by atoms with Gasteiger partial charge in [0.1, 0.15) is 0 Å². The first-order valence-electron chi connectivity index (χ1n) is 8.24. The number of aryl methyl sites for hydroxylation is 1. The summed E-state index contributed by atoms with van der Waals surface area (Å²) in [4.78, 5) is 4.66. The van der Waals surface area contributed by atoms with Gasteiger partial charge < -0.3 is 10.6 Å². The molecule has 0 saturated carbocycles. The molecule has 0 fully saturated rings. The molecular weight excluding hydrogens is 286 g/mol. The first kappa shape index (κ1) is 17.1. The molecule has 0 spiro atoms. The van der Waals surface area contributed by atoms with E-state index >= 15 is 0 Å². The van der Waals surface area contributed by atoms with Crippen LogP contribution in [0.2, 0.25) is 0 Å². The average Bonchev–Trinajstić information content (AvgIpc) is 2.80. The summed E-state index contributed by atoms with van der Waals surface area (Å²) in [5.74, 6) is 0.851. The second-order valence-corrected chi connectivity index (χ2v) is 5.52. The lowest BCUT2D eigenvalue weighted by molar-refractivity contribution is 0.658. The summed E-state index contributed by atoms with van der Waals surface area (Å²) in [6, 6.07) is 10.4. The summed E-state index contributed by atoms with van der Waals surface area (Å²) in [6.45, 7) is 11.5. The minimum atomic E-state index is 0.641. The minimum Gasteiger partial charge on any atom is -0.357 e. The number of hydrogen-bond acceptors (Lipinski definition) is 2. The average molecular weight is 313 g/mol. The lowest BCUT2D eigenvalue weighted by Crippen LogP contribution is -2.37. The third kappa shape index (κ3) is 4.58. The first-order valence-corrected chi connectivity index (χ1v) is 8.24. The molecule has 0 atom stereocenters. The molecule has 124 valence electrons. The zero-order valence-electron chi connectivity index (χ0n) is 14.6. The molecular formula is C18H27N5. The molecule has 0 bridgehead atoms. The summed E-state index contributed by atoms with van der Waals surface area (Å²) >= 11 is 0. The van der Waals surface area contributed by atoms with E-state index < -0.39 is 0 Å². The maximum Gasteiger partial charge on any atom is 0.191 e. The van der Waals surface area contributed by atoms with Gasteiger partial charge in [-0.2, -0.15) is 5.10 Å². The highest BCUT2D eigenvalue weighted by molar-refractivity contribution is 5.79. The van der Waals surface area contributed by atoms with E-state index in [1.54, 1.807) is 0 Å². The van der Waals surface area contributed by atoms with Crippen molar-refractivity contribution in [3.05, 3.63) is 52.8 Å². The van der Waals surface area contributed by atoms with Gasteiger partial charge in [-0.05, 0) is 33.3 Å². The van der Waals surface area contributed by atoms with E-state index in [1.807, 2.05) is 6.07 Å². The molecule has 2 aromatic rings. The van der Waals surface area contributed by atoms with Crippen LogP contribution in [0.1, 0.15) is 36.4 Å². The number of guanidine groups is 1. The van der Waals surface area contributed by atoms with Gasteiger partial charge in [-0.3, -0.25) is 4.68 Å². The zero-order chi connectivity index (χ0) is 16.7. The van der Waals surface area contributed by atoms with Gasteiger partial charge in [-0.1, -0.05) is 30.3 Å². The molecule has 0 aliphatic carbocycles. The molecule has 2 N–H and O–H groups in total. The number of aliphatic imine (C=N–C) groups is 1. The Balaban J connectivity index is 2.15. The normalized spacial score (nSPS) is 10.4. The van der Waals surface area contributed by atoms with Crippen LogP contribution in [-0.2, 0) is 13.1 Å². The van der Waals surface area contributed by atoms with Gasteiger partial charge >= 0.3 is 0 Å².